The average Bonchev–Trinajstić information content (AvgIpc) is 2.09. The van der Waals surface area contributed by atoms with Gasteiger partial charge in [-0.1, -0.05) is 24.3 Å². The van der Waals surface area contributed by atoms with Crippen LogP contribution < -0.4 is 5.32 Å². The highest BCUT2D eigenvalue weighted by molar-refractivity contribution is 5.84. The molecular formula is C10H11NO2. The second kappa shape index (κ2) is 4.30. The summed E-state index contributed by atoms with van der Waals surface area (Å²) in [6.07, 6.45) is 0.558. The predicted octanol–water partition coefficient (Wildman–Crippen LogP) is 2.69. The van der Waals surface area contributed by atoms with Crippen LogP contribution in [0.15, 0.2) is 37.1 Å². The van der Waals surface area contributed by atoms with Gasteiger partial charge < -0.3 is 4.74 Å². The third-order valence-electron chi connectivity index (χ3n) is 1.49. The lowest BCUT2D eigenvalue weighted by atomic mass is 10.2. The fraction of sp³-hybridized carbons (Fsp3) is 0.100. The molecule has 3 nitrogen and oxygen atoms in total. The van der Waals surface area contributed by atoms with Gasteiger partial charge >= 0.3 is 6.09 Å². The summed E-state index contributed by atoms with van der Waals surface area (Å²) in [4.78, 5) is 10.9. The van der Waals surface area contributed by atoms with Crippen molar-refractivity contribution in [2.24, 2.45) is 0 Å². The Bertz CT molecular complexity index is 303. The number of benzene rings is 1. The van der Waals surface area contributed by atoms with Gasteiger partial charge in [0.2, 0.25) is 0 Å². The van der Waals surface area contributed by atoms with Gasteiger partial charge in [0.15, 0.2) is 0 Å². The van der Waals surface area contributed by atoms with E-state index in [2.05, 4.69) is 16.6 Å². The summed E-state index contributed by atoms with van der Waals surface area (Å²) < 4.78 is 4.49. The summed E-state index contributed by atoms with van der Waals surface area (Å²) in [6.45, 7) is 5.25. The van der Waals surface area contributed by atoms with Crippen LogP contribution in [0.4, 0.5) is 10.5 Å². The zero-order chi connectivity index (χ0) is 9.68. The van der Waals surface area contributed by atoms with Crippen molar-refractivity contribution in [3.8, 4) is 0 Å². The van der Waals surface area contributed by atoms with E-state index in [1.54, 1.807) is 12.1 Å². The van der Waals surface area contributed by atoms with E-state index in [0.29, 0.717) is 5.69 Å². The Labute approximate surface area is 77.0 Å². The van der Waals surface area contributed by atoms with Crippen LogP contribution in [0.25, 0.3) is 0 Å². The molecule has 0 saturated heterocycles. The van der Waals surface area contributed by atoms with Crippen molar-refractivity contribution in [2.45, 2.75) is 6.92 Å². The molecule has 3 heteroatoms. The zero-order valence-corrected chi connectivity index (χ0v) is 7.41. The molecule has 1 rings (SSSR count). The van der Waals surface area contributed by atoms with Crippen LogP contribution in [-0.4, -0.2) is 6.09 Å². The number of rotatable bonds is 2. The van der Waals surface area contributed by atoms with Crippen LogP contribution in [-0.2, 0) is 4.74 Å². The minimum Gasteiger partial charge on any atom is -0.419 e. The van der Waals surface area contributed by atoms with Crippen LogP contribution in [0.3, 0.4) is 0 Å². The summed E-state index contributed by atoms with van der Waals surface area (Å²) in [7, 11) is 0. The quantitative estimate of drug-likeness (QED) is 0.705. The van der Waals surface area contributed by atoms with Gasteiger partial charge in [0.1, 0.15) is 0 Å². The Hall–Kier alpha value is -1.77. The van der Waals surface area contributed by atoms with E-state index in [-0.39, 0.29) is 0 Å². The van der Waals surface area contributed by atoms with Crippen molar-refractivity contribution in [2.75, 3.05) is 5.32 Å². The first-order valence-corrected chi connectivity index (χ1v) is 3.87. The Morgan fingerprint density at radius 3 is 2.62 bits per heavy atom. The molecule has 0 aromatic heterocycles. The largest absolute Gasteiger partial charge is 0.419 e. The number of hydrogen-bond donors (Lipinski definition) is 1. The van der Waals surface area contributed by atoms with Crippen LogP contribution >= 0.6 is 0 Å². The summed E-state index contributed by atoms with van der Waals surface area (Å²) in [6, 6.07) is 7.42. The van der Waals surface area contributed by atoms with Gasteiger partial charge in [0.25, 0.3) is 0 Å². The predicted molar refractivity (Wildman–Crippen MR) is 51.5 cm³/mol. The zero-order valence-electron chi connectivity index (χ0n) is 7.41. The number of ether oxygens (including phenoxy) is 1. The monoisotopic (exact) mass is 177 g/mol. The highest BCUT2D eigenvalue weighted by atomic mass is 16.5. The molecule has 0 saturated carbocycles. The maximum atomic E-state index is 10.9. The number of carbonyl (C=O) groups is 1. The molecule has 1 aromatic rings. The topological polar surface area (TPSA) is 38.3 Å². The first-order valence-electron chi connectivity index (χ1n) is 3.87. The normalized spacial score (nSPS) is 9.00. The van der Waals surface area contributed by atoms with Crippen LogP contribution in [0.5, 0.6) is 0 Å². The van der Waals surface area contributed by atoms with Crippen LogP contribution in [0, 0.1) is 6.92 Å². The van der Waals surface area contributed by atoms with E-state index in [1.807, 2.05) is 19.1 Å². The molecular weight excluding hydrogens is 166 g/mol. The second-order valence-corrected chi connectivity index (χ2v) is 2.56. The van der Waals surface area contributed by atoms with Crippen molar-refractivity contribution in [1.82, 2.24) is 0 Å². The Morgan fingerprint density at radius 1 is 1.46 bits per heavy atom. The lowest BCUT2D eigenvalue weighted by Gasteiger charge is -2.02. The van der Waals surface area contributed by atoms with E-state index in [9.17, 15) is 4.79 Å². The molecule has 13 heavy (non-hydrogen) atoms. The van der Waals surface area contributed by atoms with Gasteiger partial charge in [-0.3, -0.25) is 5.32 Å². The highest BCUT2D eigenvalue weighted by Gasteiger charge is 1.99. The molecule has 0 spiro atoms. The molecule has 0 atom stereocenters. The summed E-state index contributed by atoms with van der Waals surface area (Å²) in [5.74, 6) is 0. The molecule has 1 aromatic carbocycles. The molecule has 68 valence electrons. The number of anilines is 1. The molecule has 1 amide bonds. The number of hydrogen-bond acceptors (Lipinski definition) is 2. The van der Waals surface area contributed by atoms with Gasteiger partial charge in [-0.25, -0.2) is 4.79 Å². The molecule has 0 heterocycles. The van der Waals surface area contributed by atoms with Crippen molar-refractivity contribution >= 4 is 11.8 Å². The minimum atomic E-state index is -0.529. The molecule has 0 bridgehead atoms. The molecule has 0 fully saturated rings. The first kappa shape index (κ1) is 9.32. The standard InChI is InChI=1S/C10H11NO2/c1-3-13-10(12)11-9-6-4-8(2)5-7-9/h3-7H,1H2,2H3,(H,11,12). The minimum absolute atomic E-state index is 0.529. The number of nitrogens with one attached hydrogen (secondary N) is 1. The maximum absolute atomic E-state index is 10.9. The molecule has 0 aliphatic heterocycles. The molecule has 0 aliphatic rings. The van der Waals surface area contributed by atoms with E-state index in [4.69, 9.17) is 0 Å². The van der Waals surface area contributed by atoms with Crippen molar-refractivity contribution < 1.29 is 9.53 Å². The Morgan fingerprint density at radius 2 is 2.08 bits per heavy atom. The SMILES string of the molecule is C=COC(=O)Nc1ccc(C)cc1. The van der Waals surface area contributed by atoms with Crippen LogP contribution in [0.1, 0.15) is 5.56 Å². The number of aryl methyl sites for hydroxylation is 1. The fourth-order valence-corrected chi connectivity index (χ4v) is 0.860. The van der Waals surface area contributed by atoms with Gasteiger partial charge in [-0.05, 0) is 19.1 Å². The fourth-order valence-electron chi connectivity index (χ4n) is 0.860. The molecule has 1 N–H and O–H groups in total. The average molecular weight is 177 g/mol. The number of carbonyl (C=O) groups excluding carboxylic acids is 1. The lowest BCUT2D eigenvalue weighted by Crippen LogP contribution is -2.10. The third-order valence-corrected chi connectivity index (χ3v) is 1.49. The summed E-state index contributed by atoms with van der Waals surface area (Å²) >= 11 is 0. The van der Waals surface area contributed by atoms with E-state index < -0.39 is 6.09 Å². The van der Waals surface area contributed by atoms with Crippen LogP contribution in [0.2, 0.25) is 0 Å². The summed E-state index contributed by atoms with van der Waals surface area (Å²) in [5, 5.41) is 2.54. The molecule has 0 aliphatic carbocycles. The van der Waals surface area contributed by atoms with Gasteiger partial charge in [0.05, 0.1) is 6.26 Å². The first-order chi connectivity index (χ1) is 6.22. The smallest absolute Gasteiger partial charge is 0.416 e. The molecule has 0 unspecified atom stereocenters. The summed E-state index contributed by atoms with van der Waals surface area (Å²) in [5.41, 5.74) is 1.85. The van der Waals surface area contributed by atoms with Gasteiger partial charge in [-0.15, -0.1) is 0 Å². The Kier molecular flexibility index (Phi) is 3.09. The number of amides is 1. The van der Waals surface area contributed by atoms with Crippen molar-refractivity contribution in [3.05, 3.63) is 42.7 Å². The lowest BCUT2D eigenvalue weighted by molar-refractivity contribution is 0.201. The van der Waals surface area contributed by atoms with Crippen molar-refractivity contribution in [3.63, 3.8) is 0 Å². The van der Waals surface area contributed by atoms with E-state index in [1.165, 1.54) is 0 Å². The Balaban J connectivity index is 2.59. The van der Waals surface area contributed by atoms with E-state index >= 15 is 0 Å². The molecule has 0 radical (unpaired) electrons. The maximum Gasteiger partial charge on any atom is 0.416 e. The second-order valence-electron chi connectivity index (χ2n) is 2.56. The third kappa shape index (κ3) is 2.99. The van der Waals surface area contributed by atoms with E-state index in [0.717, 1.165) is 11.8 Å². The van der Waals surface area contributed by atoms with Gasteiger partial charge in [0, 0.05) is 5.69 Å². The van der Waals surface area contributed by atoms with Gasteiger partial charge in [-0.2, -0.15) is 0 Å². The highest BCUT2D eigenvalue weighted by Crippen LogP contribution is 2.08. The van der Waals surface area contributed by atoms with Crippen molar-refractivity contribution in [1.29, 1.82) is 0 Å².